The highest BCUT2D eigenvalue weighted by Crippen LogP contribution is 2.04. The molecule has 0 bridgehead atoms. The Morgan fingerprint density at radius 1 is 1.29 bits per heavy atom. The van der Waals surface area contributed by atoms with Gasteiger partial charge in [-0.2, -0.15) is 0 Å². The number of nitrogens with one attached hydrogen (secondary N) is 2. The van der Waals surface area contributed by atoms with Gasteiger partial charge in [-0.1, -0.05) is 18.2 Å². The number of carbonyl (C=O) groups is 1. The Bertz CT molecular complexity index is 347. The lowest BCUT2D eigenvalue weighted by atomic mass is 10.3. The van der Waals surface area contributed by atoms with Crippen molar-refractivity contribution in [2.45, 2.75) is 12.5 Å². The Kier molecular flexibility index (Phi) is 5.51. The quantitative estimate of drug-likeness (QED) is 0.695. The molecule has 0 spiro atoms. The molecule has 1 unspecified atom stereocenters. The van der Waals surface area contributed by atoms with E-state index >= 15 is 0 Å². The molecule has 1 atom stereocenters. The molecule has 17 heavy (non-hydrogen) atoms. The molecule has 0 aliphatic carbocycles. The van der Waals surface area contributed by atoms with Gasteiger partial charge >= 0.3 is 0 Å². The van der Waals surface area contributed by atoms with Gasteiger partial charge in [-0.25, -0.2) is 8.78 Å². The number of alkyl halides is 2. The van der Waals surface area contributed by atoms with Crippen molar-refractivity contribution in [3.63, 3.8) is 0 Å². The van der Waals surface area contributed by atoms with E-state index in [0.717, 1.165) is 0 Å². The first-order valence-electron chi connectivity index (χ1n) is 5.11. The summed E-state index contributed by atoms with van der Waals surface area (Å²) in [4.78, 5) is 11.3. The smallest absolute Gasteiger partial charge is 0.265 e. The highest BCUT2D eigenvalue weighted by Gasteiger charge is 2.16. The van der Waals surface area contributed by atoms with Gasteiger partial charge in [0.25, 0.3) is 6.43 Å². The summed E-state index contributed by atoms with van der Waals surface area (Å²) in [5.74, 6) is -0.349. The van der Waals surface area contributed by atoms with Crippen LogP contribution in [-0.2, 0) is 4.79 Å². The van der Waals surface area contributed by atoms with Crippen LogP contribution in [0.4, 0.5) is 14.5 Å². The molecule has 94 valence electrons. The number of rotatable bonds is 6. The van der Waals surface area contributed by atoms with E-state index in [2.05, 4.69) is 10.6 Å². The number of aliphatic hydroxyl groups is 1. The molecular weight excluding hydrogens is 230 g/mol. The van der Waals surface area contributed by atoms with Crippen LogP contribution in [0, 0.1) is 0 Å². The number of hydrogen-bond acceptors (Lipinski definition) is 3. The highest BCUT2D eigenvalue weighted by atomic mass is 19.3. The Balaban J connectivity index is 2.22. The number of amides is 1. The lowest BCUT2D eigenvalue weighted by molar-refractivity contribution is -0.115. The van der Waals surface area contributed by atoms with E-state index in [1.165, 1.54) is 0 Å². The molecule has 0 aromatic heterocycles. The molecular formula is C11H14F2N2O2. The van der Waals surface area contributed by atoms with Gasteiger partial charge in [0.2, 0.25) is 5.91 Å². The zero-order valence-corrected chi connectivity index (χ0v) is 9.07. The fourth-order valence-electron chi connectivity index (χ4n) is 1.15. The molecule has 1 aromatic carbocycles. The van der Waals surface area contributed by atoms with E-state index in [1.54, 1.807) is 24.3 Å². The summed E-state index contributed by atoms with van der Waals surface area (Å²) >= 11 is 0. The molecule has 0 aliphatic rings. The minimum Gasteiger partial charge on any atom is -0.386 e. The van der Waals surface area contributed by atoms with Crippen LogP contribution in [0.3, 0.4) is 0 Å². The first-order chi connectivity index (χ1) is 8.09. The molecule has 0 fully saturated rings. The predicted octanol–water partition coefficient (Wildman–Crippen LogP) is 0.841. The molecule has 1 rings (SSSR count). The van der Waals surface area contributed by atoms with Crippen LogP contribution >= 0.6 is 0 Å². The van der Waals surface area contributed by atoms with Crippen LogP contribution in [0.2, 0.25) is 0 Å². The van der Waals surface area contributed by atoms with E-state index in [1.807, 2.05) is 6.07 Å². The number of carbonyl (C=O) groups excluding carboxylic acids is 1. The third-order valence-corrected chi connectivity index (χ3v) is 1.99. The second-order valence-electron chi connectivity index (χ2n) is 3.45. The third kappa shape index (κ3) is 5.37. The SMILES string of the molecule is O=C(CNCC(O)C(F)F)Nc1ccccc1. The van der Waals surface area contributed by atoms with Crippen LogP contribution in [0.5, 0.6) is 0 Å². The van der Waals surface area contributed by atoms with Crippen molar-refractivity contribution in [3.8, 4) is 0 Å². The number of aliphatic hydroxyl groups excluding tert-OH is 1. The summed E-state index contributed by atoms with van der Waals surface area (Å²) < 4.78 is 23.8. The number of hydrogen-bond donors (Lipinski definition) is 3. The van der Waals surface area contributed by atoms with Crippen LogP contribution in [0.25, 0.3) is 0 Å². The molecule has 0 saturated carbocycles. The van der Waals surface area contributed by atoms with E-state index in [9.17, 15) is 13.6 Å². The zero-order valence-electron chi connectivity index (χ0n) is 9.07. The Morgan fingerprint density at radius 2 is 1.94 bits per heavy atom. The fraction of sp³-hybridized carbons (Fsp3) is 0.364. The van der Waals surface area contributed by atoms with Crippen molar-refractivity contribution in [1.82, 2.24) is 5.32 Å². The topological polar surface area (TPSA) is 61.4 Å². The lowest BCUT2D eigenvalue weighted by Crippen LogP contribution is -2.36. The van der Waals surface area contributed by atoms with Gasteiger partial charge in [-0.15, -0.1) is 0 Å². The van der Waals surface area contributed by atoms with Gasteiger partial charge in [-0.3, -0.25) is 4.79 Å². The lowest BCUT2D eigenvalue weighted by Gasteiger charge is -2.10. The Labute approximate surface area is 97.6 Å². The summed E-state index contributed by atoms with van der Waals surface area (Å²) in [5.41, 5.74) is 0.633. The Hall–Kier alpha value is -1.53. The van der Waals surface area contributed by atoms with Crippen molar-refractivity contribution in [1.29, 1.82) is 0 Å². The maximum atomic E-state index is 11.9. The van der Waals surface area contributed by atoms with Crippen LogP contribution in [-0.4, -0.2) is 36.6 Å². The fourth-order valence-corrected chi connectivity index (χ4v) is 1.15. The molecule has 0 saturated heterocycles. The minimum absolute atomic E-state index is 0.126. The van der Waals surface area contributed by atoms with Crippen molar-refractivity contribution in [3.05, 3.63) is 30.3 Å². The van der Waals surface area contributed by atoms with Crippen molar-refractivity contribution in [2.75, 3.05) is 18.4 Å². The molecule has 6 heteroatoms. The first kappa shape index (κ1) is 13.5. The number of anilines is 1. The van der Waals surface area contributed by atoms with E-state index in [-0.39, 0.29) is 19.0 Å². The summed E-state index contributed by atoms with van der Waals surface area (Å²) in [6.45, 7) is -0.446. The highest BCUT2D eigenvalue weighted by molar-refractivity contribution is 5.92. The maximum absolute atomic E-state index is 11.9. The third-order valence-electron chi connectivity index (χ3n) is 1.99. The summed E-state index contributed by atoms with van der Waals surface area (Å²) in [6, 6.07) is 8.78. The molecule has 0 radical (unpaired) electrons. The van der Waals surface area contributed by atoms with Crippen LogP contribution < -0.4 is 10.6 Å². The first-order valence-corrected chi connectivity index (χ1v) is 5.11. The molecule has 0 heterocycles. The van der Waals surface area contributed by atoms with Gasteiger partial charge < -0.3 is 15.7 Å². The monoisotopic (exact) mass is 244 g/mol. The van der Waals surface area contributed by atoms with Gasteiger partial charge in [0.15, 0.2) is 0 Å². The average Bonchev–Trinajstić information content (AvgIpc) is 2.30. The second-order valence-corrected chi connectivity index (χ2v) is 3.45. The molecule has 1 aromatic rings. The standard InChI is InChI=1S/C11H14F2N2O2/c12-11(13)9(16)6-14-7-10(17)15-8-4-2-1-3-5-8/h1-5,9,11,14,16H,6-7H2,(H,15,17). The summed E-state index contributed by atoms with van der Waals surface area (Å²) in [6.07, 6.45) is -4.56. The molecule has 1 amide bonds. The van der Waals surface area contributed by atoms with Crippen molar-refractivity contribution < 1.29 is 18.7 Å². The van der Waals surface area contributed by atoms with Gasteiger partial charge in [-0.05, 0) is 12.1 Å². The molecule has 3 N–H and O–H groups in total. The minimum atomic E-state index is -2.81. The van der Waals surface area contributed by atoms with E-state index in [0.29, 0.717) is 5.69 Å². The van der Waals surface area contributed by atoms with Crippen molar-refractivity contribution in [2.24, 2.45) is 0 Å². The summed E-state index contributed by atoms with van der Waals surface area (Å²) in [7, 11) is 0. The van der Waals surface area contributed by atoms with Gasteiger partial charge in [0, 0.05) is 12.2 Å². The Morgan fingerprint density at radius 3 is 2.53 bits per heavy atom. The largest absolute Gasteiger partial charge is 0.386 e. The van der Waals surface area contributed by atoms with E-state index in [4.69, 9.17) is 5.11 Å². The predicted molar refractivity (Wildman–Crippen MR) is 60.0 cm³/mol. The van der Waals surface area contributed by atoms with Gasteiger partial charge in [0.05, 0.1) is 6.54 Å². The summed E-state index contributed by atoms with van der Waals surface area (Å²) in [5, 5.41) is 13.8. The van der Waals surface area contributed by atoms with Crippen molar-refractivity contribution >= 4 is 11.6 Å². The van der Waals surface area contributed by atoms with Gasteiger partial charge in [0.1, 0.15) is 6.10 Å². The van der Waals surface area contributed by atoms with Crippen LogP contribution in [0.1, 0.15) is 0 Å². The normalized spacial score (nSPS) is 12.5. The molecule has 4 nitrogen and oxygen atoms in total. The van der Waals surface area contributed by atoms with E-state index < -0.39 is 12.5 Å². The second kappa shape index (κ2) is 6.93. The number of halogens is 2. The number of benzene rings is 1. The maximum Gasteiger partial charge on any atom is 0.265 e. The molecule has 0 aliphatic heterocycles. The number of para-hydroxylation sites is 1. The zero-order chi connectivity index (χ0) is 12.7. The van der Waals surface area contributed by atoms with Crippen LogP contribution in [0.15, 0.2) is 30.3 Å². The average molecular weight is 244 g/mol.